The predicted molar refractivity (Wildman–Crippen MR) is 163 cm³/mol. The number of aromatic nitrogens is 4. The zero-order chi connectivity index (χ0) is 29.4. The van der Waals surface area contributed by atoms with Crippen molar-refractivity contribution < 1.29 is 23.4 Å². The largest absolute Gasteiger partial charge is 0.496 e. The molecule has 0 saturated heterocycles. The Labute approximate surface area is 250 Å². The third-order valence-corrected chi connectivity index (χ3v) is 8.75. The van der Waals surface area contributed by atoms with Gasteiger partial charge in [-0.1, -0.05) is 19.1 Å². The highest BCUT2D eigenvalue weighted by atomic mass is 32.1. The summed E-state index contributed by atoms with van der Waals surface area (Å²) in [6, 6.07) is 13.2. The number of nitrogens with zero attached hydrogens (tertiary/aromatic N) is 5. The minimum Gasteiger partial charge on any atom is -0.496 e. The van der Waals surface area contributed by atoms with Crippen LogP contribution in [0.2, 0.25) is 0 Å². The van der Waals surface area contributed by atoms with Crippen LogP contribution in [-0.4, -0.2) is 58.2 Å². The smallest absolute Gasteiger partial charge is 0.294 e. The number of amides is 1. The highest BCUT2D eigenvalue weighted by molar-refractivity contribution is 7.18. The molecule has 2 aromatic carbocycles. The Kier molecular flexibility index (Phi) is 7.56. The number of methoxy groups -OCH3 is 2. The summed E-state index contributed by atoms with van der Waals surface area (Å²) in [5.41, 5.74) is 3.74. The molecule has 0 aliphatic heterocycles. The summed E-state index contributed by atoms with van der Waals surface area (Å²) in [5.74, 6) is 1.85. The number of aryl methyl sites for hydroxylation is 1. The van der Waals surface area contributed by atoms with Crippen molar-refractivity contribution >= 4 is 44.5 Å². The van der Waals surface area contributed by atoms with E-state index in [-0.39, 0.29) is 12.5 Å². The Morgan fingerprint density at radius 1 is 1.07 bits per heavy atom. The molecule has 0 saturated carbocycles. The van der Waals surface area contributed by atoms with Crippen LogP contribution in [-0.2, 0) is 6.61 Å². The van der Waals surface area contributed by atoms with Gasteiger partial charge in [-0.2, -0.15) is 0 Å². The van der Waals surface area contributed by atoms with E-state index in [2.05, 4.69) is 17.0 Å². The summed E-state index contributed by atoms with van der Waals surface area (Å²) in [6.07, 6.45) is 2.72. The van der Waals surface area contributed by atoms with Crippen molar-refractivity contribution in [3.63, 3.8) is 0 Å². The first-order chi connectivity index (χ1) is 20.4. The standard InChI is InChI=1S/C30H29N5O5S2/c1-6-11-34(3)28(36)19-9-7-18(8-10-19)27-31-23(17(2)41-27)16-39-24-12-20(37-4)13-25-21(24)14-26(40-25)22-15-35-29(32-22)42-30(33-35)38-5/h7-10,12-15H,6,11,16H2,1-5H3. The molecule has 0 radical (unpaired) electrons. The minimum absolute atomic E-state index is 0.0180. The number of thiazole rings is 1. The van der Waals surface area contributed by atoms with Crippen molar-refractivity contribution in [3.05, 3.63) is 64.8 Å². The number of ether oxygens (including phenoxy) is 3. The van der Waals surface area contributed by atoms with Gasteiger partial charge in [0.1, 0.15) is 34.4 Å². The average Bonchev–Trinajstić information content (AvgIpc) is 3.77. The molecule has 0 unspecified atom stereocenters. The molecule has 0 aliphatic carbocycles. The number of furan rings is 1. The normalized spacial score (nSPS) is 11.4. The quantitative estimate of drug-likeness (QED) is 0.170. The van der Waals surface area contributed by atoms with Crippen LogP contribution in [0.25, 0.3) is 38.0 Å². The molecule has 42 heavy (non-hydrogen) atoms. The Morgan fingerprint density at radius 2 is 1.88 bits per heavy atom. The van der Waals surface area contributed by atoms with Crippen LogP contribution in [0.3, 0.4) is 0 Å². The first-order valence-electron chi connectivity index (χ1n) is 13.3. The first-order valence-corrected chi connectivity index (χ1v) is 15.0. The van der Waals surface area contributed by atoms with Crippen LogP contribution in [0.15, 0.2) is 53.1 Å². The van der Waals surface area contributed by atoms with Crippen LogP contribution in [0.5, 0.6) is 16.7 Å². The Bertz CT molecular complexity index is 1850. The van der Waals surface area contributed by atoms with E-state index in [0.717, 1.165) is 39.5 Å². The Hall–Kier alpha value is -4.42. The second-order valence-electron chi connectivity index (χ2n) is 9.69. The molecule has 4 heterocycles. The van der Waals surface area contributed by atoms with E-state index in [4.69, 9.17) is 23.6 Å². The minimum atomic E-state index is 0.0180. The summed E-state index contributed by atoms with van der Waals surface area (Å²) >= 11 is 2.95. The van der Waals surface area contributed by atoms with Crippen molar-refractivity contribution in [1.29, 1.82) is 0 Å². The molecule has 0 fully saturated rings. The van der Waals surface area contributed by atoms with Crippen molar-refractivity contribution in [2.75, 3.05) is 27.8 Å². The van der Waals surface area contributed by atoms with Crippen LogP contribution in [0, 0.1) is 6.92 Å². The van der Waals surface area contributed by atoms with E-state index in [1.165, 1.54) is 11.3 Å². The van der Waals surface area contributed by atoms with Crippen LogP contribution in [0.1, 0.15) is 34.3 Å². The molecule has 216 valence electrons. The highest BCUT2D eigenvalue weighted by Gasteiger charge is 2.19. The predicted octanol–water partition coefficient (Wildman–Crippen LogP) is 6.71. The maximum atomic E-state index is 12.6. The number of fused-ring (bicyclic) bond motifs is 2. The summed E-state index contributed by atoms with van der Waals surface area (Å²) in [5, 5.41) is 6.55. The topological polar surface area (TPSA) is 104 Å². The molecule has 6 aromatic rings. The SMILES string of the molecule is CCCN(C)C(=O)c1ccc(-c2nc(COc3cc(OC)cc4oc(-c5cn6nc(OC)sc6n5)cc34)c(C)s2)cc1. The van der Waals surface area contributed by atoms with Gasteiger partial charge in [-0.05, 0) is 42.9 Å². The molecule has 12 heteroatoms. The van der Waals surface area contributed by atoms with Crippen LogP contribution >= 0.6 is 22.7 Å². The lowest BCUT2D eigenvalue weighted by atomic mass is 10.1. The zero-order valence-corrected chi connectivity index (χ0v) is 25.5. The molecule has 0 atom stereocenters. The van der Waals surface area contributed by atoms with Crippen molar-refractivity contribution in [3.8, 4) is 38.7 Å². The summed E-state index contributed by atoms with van der Waals surface area (Å²) in [6.45, 7) is 5.08. The maximum absolute atomic E-state index is 12.6. The number of rotatable bonds is 10. The van der Waals surface area contributed by atoms with Gasteiger partial charge < -0.3 is 23.5 Å². The molecular weight excluding hydrogens is 574 g/mol. The number of hydrogen-bond acceptors (Lipinski definition) is 10. The zero-order valence-electron chi connectivity index (χ0n) is 23.8. The van der Waals surface area contributed by atoms with E-state index in [1.54, 1.807) is 41.2 Å². The van der Waals surface area contributed by atoms with Gasteiger partial charge in [0.2, 0.25) is 4.96 Å². The molecule has 4 aromatic heterocycles. The van der Waals surface area contributed by atoms with Crippen molar-refractivity contribution in [2.24, 2.45) is 0 Å². The molecule has 6 rings (SSSR count). The van der Waals surface area contributed by atoms with Gasteiger partial charge in [-0.15, -0.1) is 16.4 Å². The monoisotopic (exact) mass is 603 g/mol. The van der Waals surface area contributed by atoms with Gasteiger partial charge in [0.05, 0.1) is 31.5 Å². The third-order valence-electron chi connectivity index (χ3n) is 6.80. The lowest BCUT2D eigenvalue weighted by Crippen LogP contribution is -2.27. The molecule has 1 amide bonds. The highest BCUT2D eigenvalue weighted by Crippen LogP contribution is 2.38. The van der Waals surface area contributed by atoms with E-state index in [9.17, 15) is 4.79 Å². The molecular formula is C30H29N5O5S2. The van der Waals surface area contributed by atoms with E-state index in [0.29, 0.717) is 44.3 Å². The van der Waals surface area contributed by atoms with Gasteiger partial charge in [-0.3, -0.25) is 4.79 Å². The van der Waals surface area contributed by atoms with Gasteiger partial charge >= 0.3 is 0 Å². The molecule has 0 aliphatic rings. The number of benzene rings is 2. The lowest BCUT2D eigenvalue weighted by molar-refractivity contribution is 0.0795. The number of hydrogen-bond donors (Lipinski definition) is 0. The number of carbonyl (C=O) groups excluding carboxylic acids is 1. The molecule has 0 N–H and O–H groups in total. The van der Waals surface area contributed by atoms with E-state index >= 15 is 0 Å². The number of imidazole rings is 1. The molecule has 10 nitrogen and oxygen atoms in total. The third kappa shape index (κ3) is 5.30. The van der Waals surface area contributed by atoms with Gasteiger partial charge in [-0.25, -0.2) is 14.5 Å². The van der Waals surface area contributed by atoms with E-state index in [1.807, 2.05) is 56.4 Å². The van der Waals surface area contributed by atoms with Gasteiger partial charge in [0.25, 0.3) is 11.1 Å². The second-order valence-corrected chi connectivity index (χ2v) is 11.8. The fraction of sp³-hybridized carbons (Fsp3) is 0.267. The summed E-state index contributed by atoms with van der Waals surface area (Å²) in [4.78, 5) is 25.6. The fourth-order valence-electron chi connectivity index (χ4n) is 4.57. The number of carbonyl (C=O) groups is 1. The Balaban J connectivity index is 1.23. The van der Waals surface area contributed by atoms with Gasteiger partial charge in [0, 0.05) is 41.7 Å². The summed E-state index contributed by atoms with van der Waals surface area (Å²) < 4.78 is 24.8. The molecule has 0 bridgehead atoms. The first kappa shape index (κ1) is 27.7. The van der Waals surface area contributed by atoms with Crippen molar-refractivity contribution in [1.82, 2.24) is 24.5 Å². The fourth-order valence-corrected chi connectivity index (χ4v) is 6.20. The molecule has 0 spiro atoms. The Morgan fingerprint density at radius 3 is 2.60 bits per heavy atom. The second kappa shape index (κ2) is 11.5. The van der Waals surface area contributed by atoms with E-state index < -0.39 is 0 Å². The van der Waals surface area contributed by atoms with Gasteiger partial charge in [0.15, 0.2) is 5.76 Å². The van der Waals surface area contributed by atoms with Crippen LogP contribution in [0.4, 0.5) is 0 Å². The average molecular weight is 604 g/mol. The van der Waals surface area contributed by atoms with Crippen LogP contribution < -0.4 is 14.2 Å². The lowest BCUT2D eigenvalue weighted by Gasteiger charge is -2.16. The summed E-state index contributed by atoms with van der Waals surface area (Å²) in [7, 11) is 5.01. The maximum Gasteiger partial charge on any atom is 0.294 e. The van der Waals surface area contributed by atoms with Crippen molar-refractivity contribution in [2.45, 2.75) is 26.9 Å².